The van der Waals surface area contributed by atoms with Crippen LogP contribution in [0.15, 0.2) is 64.2 Å². The number of carbonyl (C=O) groups is 1. The summed E-state index contributed by atoms with van der Waals surface area (Å²) >= 11 is 0. The maximum atomic E-state index is 12.8. The molecule has 7 nitrogen and oxygen atoms in total. The predicted molar refractivity (Wildman–Crippen MR) is 116 cm³/mol. The smallest absolute Gasteiger partial charge is 0.331 e. The van der Waals surface area contributed by atoms with Gasteiger partial charge in [-0.2, -0.15) is 0 Å². The van der Waals surface area contributed by atoms with Crippen LogP contribution in [0.3, 0.4) is 0 Å². The summed E-state index contributed by atoms with van der Waals surface area (Å²) in [4.78, 5) is 40.4. The minimum absolute atomic E-state index is 0.0558. The standard InChI is InChI=1S/C23H26N4O3/c1-2-26-22(29)19-10-6-7-11-20(19)27(23(26)30)16-21(28)24-18-12-13-25(15-18)14-17-8-4-3-5-9-17/h3-11,18H,2,12-16H2,1H3,(H,24,28). The Morgan fingerprint density at radius 3 is 2.53 bits per heavy atom. The van der Waals surface area contributed by atoms with E-state index in [1.165, 1.54) is 14.7 Å². The molecule has 0 spiro atoms. The number of hydrogen-bond acceptors (Lipinski definition) is 4. The van der Waals surface area contributed by atoms with Crippen molar-refractivity contribution in [1.82, 2.24) is 19.4 Å². The van der Waals surface area contributed by atoms with E-state index in [1.807, 2.05) is 18.2 Å². The molecule has 1 amide bonds. The summed E-state index contributed by atoms with van der Waals surface area (Å²) in [6, 6.07) is 17.3. The Bertz CT molecular complexity index is 1170. The van der Waals surface area contributed by atoms with Crippen molar-refractivity contribution in [2.45, 2.75) is 39.0 Å². The average molecular weight is 406 g/mol. The van der Waals surface area contributed by atoms with Crippen LogP contribution in [0.1, 0.15) is 18.9 Å². The maximum absolute atomic E-state index is 12.8. The van der Waals surface area contributed by atoms with Gasteiger partial charge in [-0.05, 0) is 31.0 Å². The Morgan fingerprint density at radius 2 is 1.77 bits per heavy atom. The van der Waals surface area contributed by atoms with Gasteiger partial charge in [0.05, 0.1) is 10.9 Å². The van der Waals surface area contributed by atoms with Crippen LogP contribution in [0.4, 0.5) is 0 Å². The zero-order valence-corrected chi connectivity index (χ0v) is 17.1. The molecule has 30 heavy (non-hydrogen) atoms. The number of nitrogens with one attached hydrogen (secondary N) is 1. The number of amides is 1. The zero-order valence-electron chi connectivity index (χ0n) is 17.1. The van der Waals surface area contributed by atoms with Gasteiger partial charge >= 0.3 is 5.69 Å². The maximum Gasteiger partial charge on any atom is 0.331 e. The minimum atomic E-state index is -0.450. The Labute approximate surface area is 174 Å². The van der Waals surface area contributed by atoms with Gasteiger partial charge in [0.1, 0.15) is 6.54 Å². The van der Waals surface area contributed by atoms with Gasteiger partial charge in [0.15, 0.2) is 0 Å². The fraction of sp³-hybridized carbons (Fsp3) is 0.348. The number of hydrogen-bond donors (Lipinski definition) is 1. The van der Waals surface area contributed by atoms with E-state index in [0.717, 1.165) is 26.1 Å². The highest BCUT2D eigenvalue weighted by molar-refractivity contribution is 5.81. The van der Waals surface area contributed by atoms with Gasteiger partial charge in [0.25, 0.3) is 5.56 Å². The quantitative estimate of drug-likeness (QED) is 0.674. The van der Waals surface area contributed by atoms with E-state index < -0.39 is 5.69 Å². The predicted octanol–water partition coefficient (Wildman–Crippen LogP) is 1.57. The van der Waals surface area contributed by atoms with Gasteiger partial charge in [0, 0.05) is 32.2 Å². The summed E-state index contributed by atoms with van der Waals surface area (Å²) < 4.78 is 2.57. The van der Waals surface area contributed by atoms with Gasteiger partial charge < -0.3 is 5.32 Å². The molecule has 3 aromatic rings. The molecule has 0 bridgehead atoms. The van der Waals surface area contributed by atoms with Crippen LogP contribution < -0.4 is 16.6 Å². The number of fused-ring (bicyclic) bond motifs is 1. The van der Waals surface area contributed by atoms with Crippen LogP contribution in [0.2, 0.25) is 0 Å². The van der Waals surface area contributed by atoms with E-state index in [9.17, 15) is 14.4 Å². The number of likely N-dealkylation sites (tertiary alicyclic amines) is 1. The fourth-order valence-corrected chi connectivity index (χ4v) is 4.16. The van der Waals surface area contributed by atoms with Crippen molar-refractivity contribution in [3.05, 3.63) is 81.0 Å². The second-order valence-electron chi connectivity index (χ2n) is 7.71. The van der Waals surface area contributed by atoms with Crippen molar-refractivity contribution >= 4 is 16.8 Å². The summed E-state index contributed by atoms with van der Waals surface area (Å²) in [5, 5.41) is 3.51. The van der Waals surface area contributed by atoms with Crippen LogP contribution in [0.25, 0.3) is 10.9 Å². The van der Waals surface area contributed by atoms with Crippen molar-refractivity contribution in [3.63, 3.8) is 0 Å². The normalized spacial score (nSPS) is 16.8. The molecular formula is C23H26N4O3. The number of rotatable bonds is 6. The Morgan fingerprint density at radius 1 is 1.03 bits per heavy atom. The van der Waals surface area contributed by atoms with E-state index in [4.69, 9.17) is 0 Å². The Balaban J connectivity index is 1.47. The average Bonchev–Trinajstić information content (AvgIpc) is 3.19. The highest BCUT2D eigenvalue weighted by atomic mass is 16.2. The van der Waals surface area contributed by atoms with Crippen LogP contribution in [-0.4, -0.2) is 39.1 Å². The molecule has 1 aliphatic rings. The first kappa shape index (κ1) is 20.1. The lowest BCUT2D eigenvalue weighted by Gasteiger charge is -2.18. The summed E-state index contributed by atoms with van der Waals surface area (Å²) in [5.41, 5.74) is 0.976. The lowest BCUT2D eigenvalue weighted by molar-refractivity contribution is -0.122. The summed E-state index contributed by atoms with van der Waals surface area (Å²) in [5.74, 6) is -0.213. The topological polar surface area (TPSA) is 76.3 Å². The van der Waals surface area contributed by atoms with Gasteiger partial charge in [-0.3, -0.25) is 23.6 Å². The van der Waals surface area contributed by atoms with Crippen molar-refractivity contribution in [2.75, 3.05) is 13.1 Å². The molecule has 7 heteroatoms. The molecule has 1 fully saturated rings. The van der Waals surface area contributed by atoms with Gasteiger partial charge in [-0.1, -0.05) is 42.5 Å². The number of benzene rings is 2. The van der Waals surface area contributed by atoms with Crippen LogP contribution in [0.5, 0.6) is 0 Å². The first-order valence-electron chi connectivity index (χ1n) is 10.3. The van der Waals surface area contributed by atoms with E-state index in [-0.39, 0.29) is 30.6 Å². The SMILES string of the molecule is CCn1c(=O)c2ccccc2n(CC(=O)NC2CCN(Cc3ccccc3)C2)c1=O. The molecule has 1 aliphatic heterocycles. The van der Waals surface area contributed by atoms with Gasteiger partial charge in [0.2, 0.25) is 5.91 Å². The van der Waals surface area contributed by atoms with E-state index in [2.05, 4.69) is 22.3 Å². The molecule has 1 aromatic heterocycles. The Kier molecular flexibility index (Phi) is 5.81. The number of nitrogens with zero attached hydrogens (tertiary/aromatic N) is 3. The Hall–Kier alpha value is -3.19. The number of carbonyl (C=O) groups excluding carboxylic acids is 1. The van der Waals surface area contributed by atoms with Crippen LogP contribution in [-0.2, 0) is 24.4 Å². The van der Waals surface area contributed by atoms with E-state index >= 15 is 0 Å². The molecule has 1 saturated heterocycles. The fourth-order valence-electron chi connectivity index (χ4n) is 4.16. The molecule has 4 rings (SSSR count). The molecule has 0 saturated carbocycles. The van der Waals surface area contributed by atoms with Gasteiger partial charge in [-0.25, -0.2) is 4.79 Å². The zero-order chi connectivity index (χ0) is 21.1. The number of para-hydroxylation sites is 1. The van der Waals surface area contributed by atoms with E-state index in [1.54, 1.807) is 31.2 Å². The van der Waals surface area contributed by atoms with Crippen LogP contribution >= 0.6 is 0 Å². The number of aromatic nitrogens is 2. The minimum Gasteiger partial charge on any atom is -0.350 e. The van der Waals surface area contributed by atoms with Crippen LogP contribution in [0, 0.1) is 0 Å². The largest absolute Gasteiger partial charge is 0.350 e. The summed E-state index contributed by atoms with van der Waals surface area (Å²) in [7, 11) is 0. The highest BCUT2D eigenvalue weighted by Crippen LogP contribution is 2.14. The summed E-state index contributed by atoms with van der Waals surface area (Å²) in [6.45, 7) is 4.48. The summed E-state index contributed by atoms with van der Waals surface area (Å²) in [6.07, 6.45) is 0.878. The molecule has 2 heterocycles. The molecule has 1 unspecified atom stereocenters. The second-order valence-corrected chi connectivity index (χ2v) is 7.71. The highest BCUT2D eigenvalue weighted by Gasteiger charge is 2.24. The monoisotopic (exact) mass is 406 g/mol. The third-order valence-electron chi connectivity index (χ3n) is 5.64. The molecule has 2 aromatic carbocycles. The van der Waals surface area contributed by atoms with Gasteiger partial charge in [-0.15, -0.1) is 0 Å². The molecule has 156 valence electrons. The van der Waals surface area contributed by atoms with Crippen molar-refractivity contribution in [3.8, 4) is 0 Å². The lowest BCUT2D eigenvalue weighted by Crippen LogP contribution is -2.44. The van der Waals surface area contributed by atoms with Crippen molar-refractivity contribution < 1.29 is 4.79 Å². The molecule has 0 aliphatic carbocycles. The molecule has 1 atom stereocenters. The third-order valence-corrected chi connectivity index (χ3v) is 5.64. The second kappa shape index (κ2) is 8.67. The van der Waals surface area contributed by atoms with Crippen molar-refractivity contribution in [2.24, 2.45) is 0 Å². The molecular weight excluding hydrogens is 380 g/mol. The first-order valence-corrected chi connectivity index (χ1v) is 10.3. The molecule has 0 radical (unpaired) electrons. The van der Waals surface area contributed by atoms with Crippen molar-refractivity contribution in [1.29, 1.82) is 0 Å². The first-order chi connectivity index (χ1) is 14.6. The lowest BCUT2D eigenvalue weighted by atomic mass is 10.2. The third kappa shape index (κ3) is 4.07. The van der Waals surface area contributed by atoms with E-state index in [0.29, 0.717) is 10.9 Å². The molecule has 1 N–H and O–H groups in total.